The highest BCUT2D eigenvalue weighted by atomic mass is 31.2. The van der Waals surface area contributed by atoms with Gasteiger partial charge in [0, 0.05) is 19.3 Å². The number of unbranched alkanes of at least 4 members (excludes halogenated alkanes) is 7. The quantitative estimate of drug-likeness (QED) is 0.0197. The highest BCUT2D eigenvalue weighted by Crippen LogP contribution is 2.43. The van der Waals surface area contributed by atoms with Crippen LogP contribution in [0.5, 0.6) is 0 Å². The van der Waals surface area contributed by atoms with Crippen LogP contribution in [0.1, 0.15) is 188 Å². The molecule has 76 heavy (non-hydrogen) atoms. The molecule has 0 aliphatic rings. The molecule has 0 amide bonds. The van der Waals surface area contributed by atoms with Gasteiger partial charge in [-0.15, -0.1) is 0 Å². The average Bonchev–Trinajstić information content (AvgIpc) is 3.41. The Bertz CT molecular complexity index is 1880. The molecule has 0 aromatic carbocycles. The smallest absolute Gasteiger partial charge is 0.462 e. The van der Waals surface area contributed by atoms with Crippen LogP contribution in [-0.2, 0) is 42.2 Å². The van der Waals surface area contributed by atoms with Crippen LogP contribution in [0.3, 0.4) is 0 Å². The standard InChI is InChI=1S/C64H99O11P/c1-4-7-10-13-16-19-22-25-28-30-33-36-39-42-45-48-51-54-63(67)74-60(56-65)58-72-76(69,70)73-59-61(57-71-62(66)53-50-47-44-41-38-35-32-27-24-21-18-15-12-9-6-3)75-64(68)55-52-49-46-43-40-37-34-31-29-26-23-20-17-14-11-8-5-2/h7-12,16-21,25-29,32-34,36-37,42-43,45-46,60-61,65H,4-6,13-15,22-24,30-31,35,38-41,44,47-59H2,1-3H3,(H,69,70)/b10-7-,11-8-,12-9-,19-16-,20-17-,21-18-,28-25-,29-26-,32-27-,36-33-,37-34-,45-42-,46-43-. The average molecular weight is 1080 g/mol. The van der Waals surface area contributed by atoms with Gasteiger partial charge < -0.3 is 24.2 Å². The van der Waals surface area contributed by atoms with E-state index >= 15 is 0 Å². The molecule has 0 aliphatic carbocycles. The van der Waals surface area contributed by atoms with Gasteiger partial charge in [-0.05, 0) is 128 Å². The summed E-state index contributed by atoms with van der Waals surface area (Å²) in [6, 6.07) is 0. The van der Waals surface area contributed by atoms with Crippen LogP contribution in [0, 0.1) is 0 Å². The molecular weight excluding hydrogens is 976 g/mol. The number of hydrogen-bond acceptors (Lipinski definition) is 10. The van der Waals surface area contributed by atoms with Gasteiger partial charge in [0.05, 0.1) is 19.8 Å². The van der Waals surface area contributed by atoms with E-state index in [-0.39, 0.29) is 25.9 Å². The highest BCUT2D eigenvalue weighted by Gasteiger charge is 2.28. The Hall–Kier alpha value is -4.90. The molecule has 3 atom stereocenters. The molecule has 0 fully saturated rings. The third-order valence-corrected chi connectivity index (χ3v) is 11.9. The number of phosphoric acid groups is 1. The van der Waals surface area contributed by atoms with Crippen LogP contribution in [0.4, 0.5) is 0 Å². The fraction of sp³-hybridized carbons (Fsp3) is 0.547. The zero-order chi connectivity index (χ0) is 55.5. The van der Waals surface area contributed by atoms with Crippen molar-refractivity contribution >= 4 is 25.7 Å². The SMILES string of the molecule is CC/C=C\C/C=C\C/C=C\C/C=C\C/C=C\CCCC(=O)OC(CO)COP(=O)(O)OCC(COC(=O)CCCCCCC/C=C\C/C=C\C/C=C\CC)OC(=O)CCC/C=C\C/C=C\C/C=C\C/C=C\C/C=C\CC. The number of ether oxygens (including phenoxy) is 3. The maximum Gasteiger partial charge on any atom is 0.472 e. The molecule has 11 nitrogen and oxygen atoms in total. The van der Waals surface area contributed by atoms with Crippen molar-refractivity contribution in [1.29, 1.82) is 0 Å². The Kier molecular flexibility index (Phi) is 52.7. The van der Waals surface area contributed by atoms with E-state index in [1.807, 2.05) is 24.3 Å². The van der Waals surface area contributed by atoms with Crippen molar-refractivity contribution < 1.29 is 52.2 Å². The lowest BCUT2D eigenvalue weighted by molar-refractivity contribution is -0.161. The van der Waals surface area contributed by atoms with Crippen molar-refractivity contribution in [2.24, 2.45) is 0 Å². The summed E-state index contributed by atoms with van der Waals surface area (Å²) >= 11 is 0. The van der Waals surface area contributed by atoms with Crippen molar-refractivity contribution in [2.45, 2.75) is 200 Å². The van der Waals surface area contributed by atoms with Crippen molar-refractivity contribution in [3.05, 3.63) is 158 Å². The Morgan fingerprint density at radius 3 is 1.03 bits per heavy atom. The number of aliphatic hydroxyl groups is 1. The number of esters is 3. The minimum atomic E-state index is -4.79. The number of phosphoric ester groups is 1. The number of carbonyl (C=O) groups excluding carboxylic acids is 3. The van der Waals surface area contributed by atoms with Gasteiger partial charge in [0.15, 0.2) is 6.10 Å². The first-order valence-corrected chi connectivity index (χ1v) is 29.9. The normalized spacial score (nSPS) is 14.5. The van der Waals surface area contributed by atoms with Gasteiger partial charge >= 0.3 is 25.7 Å². The summed E-state index contributed by atoms with van der Waals surface area (Å²) in [6.07, 6.45) is 73.6. The molecule has 0 rings (SSSR count). The van der Waals surface area contributed by atoms with E-state index in [0.717, 1.165) is 116 Å². The van der Waals surface area contributed by atoms with E-state index in [1.165, 1.54) is 0 Å². The molecule has 0 aliphatic heterocycles. The molecule has 0 aromatic heterocycles. The van der Waals surface area contributed by atoms with E-state index < -0.39 is 57.8 Å². The van der Waals surface area contributed by atoms with E-state index in [4.69, 9.17) is 23.3 Å². The Morgan fingerprint density at radius 1 is 0.368 bits per heavy atom. The summed E-state index contributed by atoms with van der Waals surface area (Å²) in [5.74, 6) is -1.64. The van der Waals surface area contributed by atoms with Gasteiger partial charge in [-0.2, -0.15) is 0 Å². The van der Waals surface area contributed by atoms with Gasteiger partial charge in [-0.25, -0.2) is 4.57 Å². The predicted octanol–water partition coefficient (Wildman–Crippen LogP) is 16.9. The summed E-state index contributed by atoms with van der Waals surface area (Å²) in [5.41, 5.74) is 0. The summed E-state index contributed by atoms with van der Waals surface area (Å²) in [7, 11) is -4.79. The van der Waals surface area contributed by atoms with Crippen LogP contribution < -0.4 is 0 Å². The molecule has 426 valence electrons. The largest absolute Gasteiger partial charge is 0.472 e. The van der Waals surface area contributed by atoms with Crippen LogP contribution in [-0.4, -0.2) is 66.5 Å². The second-order valence-electron chi connectivity index (χ2n) is 18.0. The zero-order valence-corrected chi connectivity index (χ0v) is 47.8. The van der Waals surface area contributed by atoms with Crippen molar-refractivity contribution in [3.63, 3.8) is 0 Å². The molecule has 2 N–H and O–H groups in total. The van der Waals surface area contributed by atoms with Crippen molar-refractivity contribution in [1.82, 2.24) is 0 Å². The van der Waals surface area contributed by atoms with E-state index in [2.05, 4.69) is 154 Å². The van der Waals surface area contributed by atoms with Gasteiger partial charge in [0.25, 0.3) is 0 Å². The third kappa shape index (κ3) is 53.9. The molecule has 0 heterocycles. The fourth-order valence-electron chi connectivity index (χ4n) is 6.73. The molecule has 0 radical (unpaired) electrons. The second-order valence-corrected chi connectivity index (χ2v) is 19.4. The lowest BCUT2D eigenvalue weighted by Gasteiger charge is -2.21. The molecule has 0 saturated heterocycles. The first-order chi connectivity index (χ1) is 37.2. The number of carbonyl (C=O) groups is 3. The first-order valence-electron chi connectivity index (χ1n) is 28.4. The van der Waals surface area contributed by atoms with E-state index in [9.17, 15) is 28.9 Å². The molecule has 0 saturated carbocycles. The lowest BCUT2D eigenvalue weighted by Crippen LogP contribution is -2.30. The van der Waals surface area contributed by atoms with Crippen LogP contribution in [0.2, 0.25) is 0 Å². The lowest BCUT2D eigenvalue weighted by atomic mass is 10.1. The first kappa shape index (κ1) is 71.1. The maximum atomic E-state index is 12.9. The second kappa shape index (κ2) is 56.3. The Labute approximate surface area is 460 Å². The predicted molar refractivity (Wildman–Crippen MR) is 315 cm³/mol. The van der Waals surface area contributed by atoms with E-state index in [0.29, 0.717) is 32.1 Å². The maximum absolute atomic E-state index is 12.9. The number of aliphatic hydroxyl groups excluding tert-OH is 1. The van der Waals surface area contributed by atoms with Gasteiger partial charge in [0.2, 0.25) is 0 Å². The highest BCUT2D eigenvalue weighted by molar-refractivity contribution is 7.47. The van der Waals surface area contributed by atoms with Crippen molar-refractivity contribution in [3.8, 4) is 0 Å². The Balaban J connectivity index is 4.91. The van der Waals surface area contributed by atoms with Crippen LogP contribution >= 0.6 is 7.82 Å². The molecule has 0 bridgehead atoms. The Morgan fingerprint density at radius 2 is 0.658 bits per heavy atom. The van der Waals surface area contributed by atoms with Crippen LogP contribution in [0.15, 0.2) is 158 Å². The summed E-state index contributed by atoms with van der Waals surface area (Å²) < 4.78 is 39.4. The summed E-state index contributed by atoms with van der Waals surface area (Å²) in [5, 5.41) is 9.81. The monoisotopic (exact) mass is 1070 g/mol. The number of hydrogen-bond donors (Lipinski definition) is 2. The van der Waals surface area contributed by atoms with Gasteiger partial charge in [-0.3, -0.25) is 23.4 Å². The number of rotatable bonds is 50. The molecule has 0 spiro atoms. The molecular formula is C64H99O11P. The molecule has 3 unspecified atom stereocenters. The van der Waals surface area contributed by atoms with Crippen LogP contribution in [0.25, 0.3) is 0 Å². The number of allylic oxidation sites excluding steroid dienone is 26. The summed E-state index contributed by atoms with van der Waals surface area (Å²) in [4.78, 5) is 48.5. The van der Waals surface area contributed by atoms with Crippen molar-refractivity contribution in [2.75, 3.05) is 26.4 Å². The topological polar surface area (TPSA) is 155 Å². The van der Waals surface area contributed by atoms with E-state index in [1.54, 1.807) is 0 Å². The minimum absolute atomic E-state index is 0.0711. The zero-order valence-electron chi connectivity index (χ0n) is 46.9. The fourth-order valence-corrected chi connectivity index (χ4v) is 7.52. The third-order valence-electron chi connectivity index (χ3n) is 10.9. The molecule has 0 aromatic rings. The van der Waals surface area contributed by atoms with Gasteiger partial charge in [-0.1, -0.05) is 198 Å². The molecule has 12 heteroatoms. The summed E-state index contributed by atoms with van der Waals surface area (Å²) in [6.45, 7) is 4.12. The van der Waals surface area contributed by atoms with Gasteiger partial charge in [0.1, 0.15) is 12.7 Å². The minimum Gasteiger partial charge on any atom is -0.462 e.